The average Bonchev–Trinajstić information content (AvgIpc) is 2.07. The lowest BCUT2D eigenvalue weighted by atomic mass is 9.89. The minimum absolute atomic E-state index is 0.0212. The number of ketones is 1. The molecule has 98 valence electrons. The fourth-order valence-electron chi connectivity index (χ4n) is 1.78. The van der Waals surface area contributed by atoms with Gasteiger partial charge in [0.2, 0.25) is 0 Å². The zero-order valence-electron chi connectivity index (χ0n) is 11.0. The third kappa shape index (κ3) is 3.41. The number of likely N-dealkylation sites (tertiary alicyclic amines) is 1. The molecule has 0 spiro atoms. The number of hydrogen-bond donors (Lipinski definition) is 0. The number of halogens is 1. The van der Waals surface area contributed by atoms with E-state index in [1.54, 1.807) is 34.6 Å². The minimum atomic E-state index is -1.60. The quantitative estimate of drug-likeness (QED) is 0.658. The molecule has 1 amide bonds. The summed E-state index contributed by atoms with van der Waals surface area (Å²) in [6.45, 7) is 8.50. The van der Waals surface area contributed by atoms with Gasteiger partial charge in [-0.15, -0.1) is 0 Å². The van der Waals surface area contributed by atoms with Gasteiger partial charge in [-0.1, -0.05) is 0 Å². The van der Waals surface area contributed by atoms with Gasteiger partial charge >= 0.3 is 6.09 Å². The maximum atomic E-state index is 13.4. The molecule has 0 N–H and O–H groups in total. The Morgan fingerprint density at radius 2 is 2.00 bits per heavy atom. The highest BCUT2D eigenvalue weighted by Gasteiger charge is 2.43. The lowest BCUT2D eigenvalue weighted by Gasteiger charge is -2.42. The summed E-state index contributed by atoms with van der Waals surface area (Å²) in [5, 5.41) is 0. The van der Waals surface area contributed by atoms with Crippen LogP contribution in [0.3, 0.4) is 0 Å². The average molecular weight is 245 g/mol. The van der Waals surface area contributed by atoms with Crippen molar-refractivity contribution in [3.8, 4) is 0 Å². The number of alkyl halides is 1. The number of ether oxygens (including phenoxy) is 1. The van der Waals surface area contributed by atoms with Gasteiger partial charge in [-0.05, 0) is 34.6 Å². The predicted molar refractivity (Wildman–Crippen MR) is 61.5 cm³/mol. The highest BCUT2D eigenvalue weighted by atomic mass is 19.1. The van der Waals surface area contributed by atoms with E-state index in [0.717, 1.165) is 0 Å². The number of Topliss-reactive ketones (excluding diaryl/α,β-unsaturated/α-hetero) is 1. The van der Waals surface area contributed by atoms with Crippen molar-refractivity contribution in [2.24, 2.45) is 0 Å². The summed E-state index contributed by atoms with van der Waals surface area (Å²) in [5.74, 6) is -0.449. The summed E-state index contributed by atoms with van der Waals surface area (Å²) in [4.78, 5) is 24.5. The number of carbonyl (C=O) groups is 2. The molecule has 1 aliphatic rings. The Bertz CT molecular complexity index is 333. The third-order valence-electron chi connectivity index (χ3n) is 2.64. The van der Waals surface area contributed by atoms with Gasteiger partial charge < -0.3 is 4.74 Å². The van der Waals surface area contributed by atoms with Crippen LogP contribution in [-0.4, -0.2) is 40.6 Å². The summed E-state index contributed by atoms with van der Waals surface area (Å²) in [6, 6.07) is 0. The molecule has 1 heterocycles. The molecule has 0 aromatic rings. The zero-order valence-corrected chi connectivity index (χ0v) is 11.0. The Balaban J connectivity index is 2.82. The maximum absolute atomic E-state index is 13.4. The van der Waals surface area contributed by atoms with Crippen LogP contribution in [0, 0.1) is 0 Å². The van der Waals surface area contributed by atoms with Crippen molar-refractivity contribution in [2.45, 2.75) is 58.4 Å². The standard InChI is InChI=1S/C12H20FNO3/c1-11(2,3)17-10(16)14-7-8(13)9(15)6-12(14,4)5/h8H,6-7H2,1-5H3. The molecule has 0 bridgehead atoms. The summed E-state index contributed by atoms with van der Waals surface area (Å²) < 4.78 is 18.6. The molecular weight excluding hydrogens is 225 g/mol. The van der Waals surface area contributed by atoms with Gasteiger partial charge in [-0.25, -0.2) is 9.18 Å². The normalized spacial score (nSPS) is 24.7. The molecule has 0 aromatic heterocycles. The highest BCUT2D eigenvalue weighted by molar-refractivity contribution is 5.87. The second-order valence-corrected chi connectivity index (χ2v) is 6.01. The van der Waals surface area contributed by atoms with Crippen molar-refractivity contribution in [3.05, 3.63) is 0 Å². The van der Waals surface area contributed by atoms with Crippen LogP contribution < -0.4 is 0 Å². The third-order valence-corrected chi connectivity index (χ3v) is 2.64. The second-order valence-electron chi connectivity index (χ2n) is 6.01. The molecule has 17 heavy (non-hydrogen) atoms. The Hall–Kier alpha value is -1.13. The molecule has 4 nitrogen and oxygen atoms in total. The summed E-state index contributed by atoms with van der Waals surface area (Å²) >= 11 is 0. The van der Waals surface area contributed by atoms with Crippen LogP contribution in [0.15, 0.2) is 0 Å². The van der Waals surface area contributed by atoms with E-state index >= 15 is 0 Å². The van der Waals surface area contributed by atoms with Gasteiger partial charge in [-0.3, -0.25) is 9.69 Å². The Kier molecular flexibility index (Phi) is 3.50. The van der Waals surface area contributed by atoms with Crippen LogP contribution in [0.2, 0.25) is 0 Å². The van der Waals surface area contributed by atoms with Gasteiger partial charge in [0.15, 0.2) is 12.0 Å². The predicted octanol–water partition coefficient (Wildman–Crippen LogP) is 2.31. The van der Waals surface area contributed by atoms with E-state index < -0.39 is 29.2 Å². The van der Waals surface area contributed by atoms with E-state index in [1.165, 1.54) is 4.90 Å². The van der Waals surface area contributed by atoms with Crippen molar-refractivity contribution < 1.29 is 18.7 Å². The maximum Gasteiger partial charge on any atom is 0.410 e. The number of amides is 1. The van der Waals surface area contributed by atoms with Gasteiger partial charge in [0, 0.05) is 12.0 Å². The summed E-state index contributed by atoms with van der Waals surface area (Å²) in [6.07, 6.45) is -2.15. The van der Waals surface area contributed by atoms with Gasteiger partial charge in [-0.2, -0.15) is 0 Å². The Labute approximate surface area is 101 Å². The van der Waals surface area contributed by atoms with Gasteiger partial charge in [0.1, 0.15) is 5.60 Å². The van der Waals surface area contributed by atoms with E-state index in [2.05, 4.69) is 0 Å². The Morgan fingerprint density at radius 3 is 2.47 bits per heavy atom. The molecule has 1 fully saturated rings. The zero-order chi connectivity index (χ0) is 13.4. The van der Waals surface area contributed by atoms with Gasteiger partial charge in [0.05, 0.1) is 6.54 Å². The van der Waals surface area contributed by atoms with Crippen LogP contribution >= 0.6 is 0 Å². The van der Waals surface area contributed by atoms with E-state index in [9.17, 15) is 14.0 Å². The first-order valence-corrected chi connectivity index (χ1v) is 5.70. The smallest absolute Gasteiger partial charge is 0.410 e. The molecule has 1 unspecified atom stereocenters. The fraction of sp³-hybridized carbons (Fsp3) is 0.833. The number of hydrogen-bond acceptors (Lipinski definition) is 3. The first-order chi connectivity index (χ1) is 7.53. The van der Waals surface area contributed by atoms with Crippen molar-refractivity contribution >= 4 is 11.9 Å². The highest BCUT2D eigenvalue weighted by Crippen LogP contribution is 2.28. The van der Waals surface area contributed by atoms with E-state index in [4.69, 9.17) is 4.74 Å². The number of piperidine rings is 1. The molecule has 0 aromatic carbocycles. The van der Waals surface area contributed by atoms with Crippen LogP contribution in [0.4, 0.5) is 9.18 Å². The molecule has 0 aliphatic carbocycles. The first kappa shape index (κ1) is 13.9. The minimum Gasteiger partial charge on any atom is -0.444 e. The van der Waals surface area contributed by atoms with Crippen LogP contribution in [0.5, 0.6) is 0 Å². The number of rotatable bonds is 0. The number of carbonyl (C=O) groups excluding carboxylic acids is 2. The van der Waals surface area contributed by atoms with Crippen LogP contribution in [-0.2, 0) is 9.53 Å². The van der Waals surface area contributed by atoms with Crippen molar-refractivity contribution in [1.82, 2.24) is 4.90 Å². The monoisotopic (exact) mass is 245 g/mol. The van der Waals surface area contributed by atoms with Crippen LogP contribution in [0.1, 0.15) is 41.0 Å². The van der Waals surface area contributed by atoms with Gasteiger partial charge in [0.25, 0.3) is 0 Å². The Morgan fingerprint density at radius 1 is 1.47 bits per heavy atom. The molecule has 1 rings (SSSR count). The molecule has 0 saturated carbocycles. The molecular formula is C12H20FNO3. The van der Waals surface area contributed by atoms with E-state index in [-0.39, 0.29) is 13.0 Å². The van der Waals surface area contributed by atoms with E-state index in [1.807, 2.05) is 0 Å². The molecule has 1 saturated heterocycles. The topological polar surface area (TPSA) is 46.6 Å². The molecule has 5 heteroatoms. The second kappa shape index (κ2) is 4.27. The van der Waals surface area contributed by atoms with Crippen molar-refractivity contribution in [3.63, 3.8) is 0 Å². The van der Waals surface area contributed by atoms with Crippen LogP contribution in [0.25, 0.3) is 0 Å². The SMILES string of the molecule is CC(C)(C)OC(=O)N1CC(F)C(=O)CC1(C)C. The first-order valence-electron chi connectivity index (χ1n) is 5.70. The molecule has 1 atom stereocenters. The van der Waals surface area contributed by atoms with Crippen molar-refractivity contribution in [1.29, 1.82) is 0 Å². The summed E-state index contributed by atoms with van der Waals surface area (Å²) in [5.41, 5.74) is -1.32. The summed E-state index contributed by atoms with van der Waals surface area (Å²) in [7, 11) is 0. The number of nitrogens with zero attached hydrogens (tertiary/aromatic N) is 1. The van der Waals surface area contributed by atoms with E-state index in [0.29, 0.717) is 0 Å². The van der Waals surface area contributed by atoms with Crippen molar-refractivity contribution in [2.75, 3.05) is 6.54 Å². The largest absolute Gasteiger partial charge is 0.444 e. The fourth-order valence-corrected chi connectivity index (χ4v) is 1.78. The lowest BCUT2D eigenvalue weighted by Crippen LogP contribution is -2.58. The molecule has 0 radical (unpaired) electrons. The molecule has 1 aliphatic heterocycles. The lowest BCUT2D eigenvalue weighted by molar-refractivity contribution is -0.131.